The molecule has 10 nitrogen and oxygen atoms in total. The maximum absolute atomic E-state index is 13.3. The van der Waals surface area contributed by atoms with Gasteiger partial charge in [0.15, 0.2) is 0 Å². The zero-order chi connectivity index (χ0) is 27.1. The molecule has 2 aliphatic rings. The fraction of sp³-hybridized carbons (Fsp3) is 0.250. The number of nitrogens with zero attached hydrogens (tertiary/aromatic N) is 4. The molecule has 1 aromatic heterocycles. The largest absolute Gasteiger partial charge is 0.490 e. The first-order valence-electron chi connectivity index (χ1n) is 12.2. The number of fused-ring (bicyclic) bond motifs is 2. The summed E-state index contributed by atoms with van der Waals surface area (Å²) in [4.78, 5) is 58.2. The summed E-state index contributed by atoms with van der Waals surface area (Å²) in [5.74, 6) is -0.611. The van der Waals surface area contributed by atoms with E-state index in [9.17, 15) is 19.2 Å². The Balaban J connectivity index is 1.43. The number of anilines is 1. The van der Waals surface area contributed by atoms with E-state index in [0.29, 0.717) is 35.7 Å². The van der Waals surface area contributed by atoms with Gasteiger partial charge in [0.2, 0.25) is 5.91 Å². The number of para-hydroxylation sites is 1. The fourth-order valence-corrected chi connectivity index (χ4v) is 4.51. The molecule has 1 aliphatic carbocycles. The monoisotopic (exact) mass is 513 g/mol. The van der Waals surface area contributed by atoms with Crippen LogP contribution in [0.5, 0.6) is 5.75 Å². The first-order valence-corrected chi connectivity index (χ1v) is 12.2. The molecule has 0 unspecified atom stereocenters. The highest BCUT2D eigenvalue weighted by molar-refractivity contribution is 6.15. The SMILES string of the molecule is C=C(NC(=O)C(=C)n1cnc2c(-c3ccc4c(c3)OCCN4C(C)=O)cccc2c1=O)C(=O)N(C)C1CC1. The van der Waals surface area contributed by atoms with Crippen LogP contribution in [-0.4, -0.2) is 58.4 Å². The van der Waals surface area contributed by atoms with E-state index in [-0.39, 0.29) is 34.6 Å². The molecular formula is C28H27N5O5. The molecule has 1 fully saturated rings. The van der Waals surface area contributed by atoms with E-state index in [0.717, 1.165) is 23.0 Å². The van der Waals surface area contributed by atoms with Gasteiger partial charge in [0.1, 0.15) is 24.4 Å². The number of carbonyl (C=O) groups is 3. The van der Waals surface area contributed by atoms with Gasteiger partial charge in [-0.1, -0.05) is 31.4 Å². The molecule has 194 valence electrons. The molecule has 38 heavy (non-hydrogen) atoms. The van der Waals surface area contributed by atoms with Gasteiger partial charge in [-0.05, 0) is 36.6 Å². The molecule has 1 N–H and O–H groups in total. The molecule has 0 radical (unpaired) electrons. The maximum Gasteiger partial charge on any atom is 0.272 e. The van der Waals surface area contributed by atoms with Gasteiger partial charge in [-0.3, -0.25) is 23.7 Å². The predicted molar refractivity (Wildman–Crippen MR) is 143 cm³/mol. The van der Waals surface area contributed by atoms with Crippen molar-refractivity contribution in [1.29, 1.82) is 0 Å². The van der Waals surface area contributed by atoms with Gasteiger partial charge in [0, 0.05) is 25.6 Å². The zero-order valence-electron chi connectivity index (χ0n) is 21.2. The lowest BCUT2D eigenvalue weighted by atomic mass is 10.0. The number of aromatic nitrogens is 2. The third-order valence-electron chi connectivity index (χ3n) is 6.79. The Hall–Kier alpha value is -4.73. The summed E-state index contributed by atoms with van der Waals surface area (Å²) in [6, 6.07) is 10.8. The summed E-state index contributed by atoms with van der Waals surface area (Å²) in [5.41, 5.74) is 1.81. The van der Waals surface area contributed by atoms with Gasteiger partial charge >= 0.3 is 0 Å². The molecular weight excluding hydrogens is 486 g/mol. The summed E-state index contributed by atoms with van der Waals surface area (Å²) in [5, 5.41) is 2.72. The van der Waals surface area contributed by atoms with Crippen LogP contribution in [0.1, 0.15) is 19.8 Å². The van der Waals surface area contributed by atoms with Gasteiger partial charge in [0.25, 0.3) is 17.4 Å². The van der Waals surface area contributed by atoms with Crippen LogP contribution in [0.15, 0.2) is 66.4 Å². The second-order valence-electron chi connectivity index (χ2n) is 9.35. The first kappa shape index (κ1) is 24.9. The minimum Gasteiger partial charge on any atom is -0.490 e. The Morgan fingerprint density at radius 3 is 2.63 bits per heavy atom. The normalized spacial score (nSPS) is 14.3. The number of benzene rings is 2. The quantitative estimate of drug-likeness (QED) is 0.507. The van der Waals surface area contributed by atoms with E-state index < -0.39 is 11.5 Å². The average molecular weight is 514 g/mol. The van der Waals surface area contributed by atoms with Crippen LogP contribution in [0.2, 0.25) is 0 Å². The molecule has 2 heterocycles. The van der Waals surface area contributed by atoms with Crippen molar-refractivity contribution >= 4 is 40.0 Å². The van der Waals surface area contributed by atoms with Crippen molar-refractivity contribution in [3.8, 4) is 16.9 Å². The van der Waals surface area contributed by atoms with Crippen molar-refractivity contribution in [3.63, 3.8) is 0 Å². The number of ether oxygens (including phenoxy) is 1. The van der Waals surface area contributed by atoms with E-state index in [2.05, 4.69) is 23.5 Å². The van der Waals surface area contributed by atoms with Crippen molar-refractivity contribution in [3.05, 3.63) is 71.9 Å². The summed E-state index contributed by atoms with van der Waals surface area (Å²) in [6.45, 7) is 9.78. The van der Waals surface area contributed by atoms with Crippen molar-refractivity contribution < 1.29 is 19.1 Å². The molecule has 3 aromatic rings. The van der Waals surface area contributed by atoms with Gasteiger partial charge in [-0.25, -0.2) is 4.98 Å². The Bertz CT molecular complexity index is 1590. The molecule has 1 saturated carbocycles. The van der Waals surface area contributed by atoms with Gasteiger partial charge < -0.3 is 19.9 Å². The van der Waals surface area contributed by atoms with Crippen molar-refractivity contribution in [2.24, 2.45) is 0 Å². The van der Waals surface area contributed by atoms with E-state index in [1.807, 2.05) is 24.3 Å². The Kier molecular flexibility index (Phi) is 6.31. The lowest BCUT2D eigenvalue weighted by Crippen LogP contribution is -2.38. The Morgan fingerprint density at radius 1 is 1.16 bits per heavy atom. The third kappa shape index (κ3) is 4.45. The van der Waals surface area contributed by atoms with Crippen molar-refractivity contribution in [2.75, 3.05) is 25.1 Å². The molecule has 0 saturated heterocycles. The zero-order valence-corrected chi connectivity index (χ0v) is 21.2. The van der Waals surface area contributed by atoms with Crippen LogP contribution in [0.3, 0.4) is 0 Å². The van der Waals surface area contributed by atoms with Crippen LogP contribution in [0.4, 0.5) is 5.69 Å². The lowest BCUT2D eigenvalue weighted by molar-refractivity contribution is -0.128. The number of hydrogen-bond acceptors (Lipinski definition) is 6. The molecule has 10 heteroatoms. The Labute approximate surface area is 218 Å². The molecule has 0 spiro atoms. The summed E-state index contributed by atoms with van der Waals surface area (Å²) in [6.07, 6.45) is 3.08. The second-order valence-corrected chi connectivity index (χ2v) is 9.35. The number of hydrogen-bond donors (Lipinski definition) is 1. The number of amides is 3. The standard InChI is InChI=1S/C28H27N5O5/c1-16(27(36)31(4)20-9-10-20)30-26(35)17(2)33-15-29-25-21(6-5-7-22(25)28(33)37)19-8-11-23-24(14-19)38-13-12-32(23)18(3)34/h5-8,11,14-15,20H,1-2,9-10,12-13H2,3-4H3,(H,30,35). The highest BCUT2D eigenvalue weighted by atomic mass is 16.5. The van der Waals surface area contributed by atoms with Crippen LogP contribution < -0.4 is 20.5 Å². The number of rotatable bonds is 6. The molecule has 5 rings (SSSR count). The van der Waals surface area contributed by atoms with E-state index in [4.69, 9.17) is 4.74 Å². The van der Waals surface area contributed by atoms with E-state index in [1.54, 1.807) is 29.0 Å². The lowest BCUT2D eigenvalue weighted by Gasteiger charge is -2.29. The molecule has 3 amide bonds. The van der Waals surface area contributed by atoms with Crippen LogP contribution >= 0.6 is 0 Å². The number of nitrogens with one attached hydrogen (secondary N) is 1. The van der Waals surface area contributed by atoms with E-state index >= 15 is 0 Å². The van der Waals surface area contributed by atoms with Crippen molar-refractivity contribution in [2.45, 2.75) is 25.8 Å². The smallest absolute Gasteiger partial charge is 0.272 e. The van der Waals surface area contributed by atoms with Crippen LogP contribution in [0.25, 0.3) is 27.7 Å². The van der Waals surface area contributed by atoms with Crippen LogP contribution in [0, 0.1) is 0 Å². The summed E-state index contributed by atoms with van der Waals surface area (Å²) in [7, 11) is 1.66. The minimum absolute atomic E-state index is 0.0678. The minimum atomic E-state index is -0.728. The molecule has 0 bridgehead atoms. The number of carbonyl (C=O) groups excluding carboxylic acids is 3. The first-order chi connectivity index (χ1) is 18.2. The van der Waals surface area contributed by atoms with E-state index in [1.165, 1.54) is 13.3 Å². The highest BCUT2D eigenvalue weighted by Gasteiger charge is 2.31. The fourth-order valence-electron chi connectivity index (χ4n) is 4.51. The highest BCUT2D eigenvalue weighted by Crippen LogP contribution is 2.37. The third-order valence-corrected chi connectivity index (χ3v) is 6.79. The van der Waals surface area contributed by atoms with Gasteiger partial charge in [-0.15, -0.1) is 0 Å². The predicted octanol–water partition coefficient (Wildman–Crippen LogP) is 2.53. The molecule has 0 atom stereocenters. The Morgan fingerprint density at radius 2 is 1.92 bits per heavy atom. The van der Waals surface area contributed by atoms with Gasteiger partial charge in [0.05, 0.1) is 28.8 Å². The van der Waals surface area contributed by atoms with Crippen LogP contribution in [-0.2, 0) is 14.4 Å². The average Bonchev–Trinajstić information content (AvgIpc) is 3.76. The second kappa shape index (κ2) is 9.62. The summed E-state index contributed by atoms with van der Waals surface area (Å²) < 4.78 is 6.83. The number of likely N-dealkylation sites (N-methyl/N-ethyl adjacent to an activating group) is 1. The van der Waals surface area contributed by atoms with Gasteiger partial charge in [-0.2, -0.15) is 0 Å². The molecule has 2 aromatic carbocycles. The topological polar surface area (TPSA) is 114 Å². The summed E-state index contributed by atoms with van der Waals surface area (Å²) >= 11 is 0. The maximum atomic E-state index is 13.3. The molecule has 1 aliphatic heterocycles. The van der Waals surface area contributed by atoms with Crippen molar-refractivity contribution in [1.82, 2.24) is 19.8 Å².